The second-order valence-electron chi connectivity index (χ2n) is 6.78. The molecule has 0 spiro atoms. The number of nitrogens with zero attached hydrogens (tertiary/aromatic N) is 1. The van der Waals surface area contributed by atoms with E-state index >= 15 is 0 Å². The molecule has 0 atom stereocenters. The Kier molecular flexibility index (Phi) is 5.52. The molecule has 2 aromatic heterocycles. The van der Waals surface area contributed by atoms with Gasteiger partial charge in [-0.2, -0.15) is 0 Å². The van der Waals surface area contributed by atoms with Gasteiger partial charge in [-0.1, -0.05) is 24.3 Å². The van der Waals surface area contributed by atoms with E-state index in [2.05, 4.69) is 15.6 Å². The number of carboxylic acid groups (broad SMARTS) is 1. The van der Waals surface area contributed by atoms with Gasteiger partial charge in [0.1, 0.15) is 5.82 Å². The van der Waals surface area contributed by atoms with E-state index in [1.54, 1.807) is 18.2 Å². The maximum Gasteiger partial charge on any atom is 0.338 e. The molecule has 2 aromatic carbocycles. The molecule has 0 aliphatic carbocycles. The lowest BCUT2D eigenvalue weighted by Gasteiger charge is -2.09. The van der Waals surface area contributed by atoms with Crippen LogP contribution in [0.25, 0.3) is 21.2 Å². The number of pyridine rings is 1. The number of hydrogen-bond donors (Lipinski definition) is 5. The first-order valence-corrected chi connectivity index (χ1v) is 10.2. The Bertz CT molecular complexity index is 1280. The number of aromatic nitrogens is 1. The van der Waals surface area contributed by atoms with Crippen LogP contribution in [0.4, 0.5) is 22.0 Å². The molecule has 7 N–H and O–H groups in total. The van der Waals surface area contributed by atoms with E-state index < -0.39 is 5.97 Å². The Hall–Kier alpha value is -3.95. The van der Waals surface area contributed by atoms with Gasteiger partial charge in [0.15, 0.2) is 0 Å². The second-order valence-corrected chi connectivity index (χ2v) is 7.66. The monoisotopic (exact) mass is 433 g/mol. The molecule has 0 aliphatic rings. The van der Waals surface area contributed by atoms with Crippen molar-refractivity contribution < 1.29 is 14.7 Å². The Morgan fingerprint density at radius 3 is 2.52 bits per heavy atom. The summed E-state index contributed by atoms with van der Waals surface area (Å²) in [5.74, 6) is -0.772. The zero-order valence-electron chi connectivity index (χ0n) is 16.3. The standard InChI is InChI=1S/C22H19N5O3S/c23-9-12-2-1-3-15(8-12)27-22(30)26-14-6-4-13(5-7-14)17-11-31-19-16(21(28)29)10-25-20(24)18(17)19/h1-8,10-11H,9,23H2,(H2,24,25)(H,28,29)(H2,26,27,30). The highest BCUT2D eigenvalue weighted by molar-refractivity contribution is 7.18. The number of fused-ring (bicyclic) bond motifs is 1. The number of benzene rings is 2. The molecule has 0 aliphatic heterocycles. The molecule has 4 aromatic rings. The minimum absolute atomic E-state index is 0.120. The van der Waals surface area contributed by atoms with Gasteiger partial charge in [0.25, 0.3) is 0 Å². The predicted octanol–water partition coefficient (Wildman–Crippen LogP) is 4.35. The summed E-state index contributed by atoms with van der Waals surface area (Å²) in [5, 5.41) is 17.4. The average Bonchev–Trinajstić information content (AvgIpc) is 3.20. The van der Waals surface area contributed by atoms with Gasteiger partial charge in [-0.05, 0) is 40.8 Å². The van der Waals surface area contributed by atoms with Crippen molar-refractivity contribution >= 4 is 50.6 Å². The van der Waals surface area contributed by atoms with Crippen LogP contribution in [0.5, 0.6) is 0 Å². The van der Waals surface area contributed by atoms with E-state index in [0.29, 0.717) is 28.0 Å². The minimum Gasteiger partial charge on any atom is -0.478 e. The summed E-state index contributed by atoms with van der Waals surface area (Å²) in [6.45, 7) is 0.393. The summed E-state index contributed by atoms with van der Waals surface area (Å²) in [4.78, 5) is 27.8. The third-order valence-electron chi connectivity index (χ3n) is 4.73. The summed E-state index contributed by atoms with van der Waals surface area (Å²) in [6.07, 6.45) is 1.27. The van der Waals surface area contributed by atoms with Crippen molar-refractivity contribution in [2.45, 2.75) is 6.54 Å². The van der Waals surface area contributed by atoms with Crippen LogP contribution >= 0.6 is 11.3 Å². The number of hydrogen-bond acceptors (Lipinski definition) is 6. The van der Waals surface area contributed by atoms with Crippen LogP contribution in [0.1, 0.15) is 15.9 Å². The average molecular weight is 433 g/mol. The normalized spacial score (nSPS) is 10.7. The molecule has 0 bridgehead atoms. The number of nitrogen functional groups attached to an aromatic ring is 1. The number of anilines is 3. The molecular formula is C22H19N5O3S. The number of carbonyl (C=O) groups excluding carboxylic acids is 1. The van der Waals surface area contributed by atoms with Crippen LogP contribution in [-0.4, -0.2) is 22.1 Å². The minimum atomic E-state index is -1.05. The van der Waals surface area contributed by atoms with Crippen LogP contribution < -0.4 is 22.1 Å². The highest BCUT2D eigenvalue weighted by Crippen LogP contribution is 2.38. The molecular weight excluding hydrogens is 414 g/mol. The number of carbonyl (C=O) groups is 2. The lowest BCUT2D eigenvalue weighted by Crippen LogP contribution is -2.19. The zero-order valence-corrected chi connectivity index (χ0v) is 17.1. The van der Waals surface area contributed by atoms with E-state index in [0.717, 1.165) is 16.7 Å². The number of amides is 2. The van der Waals surface area contributed by atoms with E-state index in [9.17, 15) is 14.7 Å². The first kappa shape index (κ1) is 20.3. The smallest absolute Gasteiger partial charge is 0.338 e. The Balaban J connectivity index is 1.54. The molecule has 0 radical (unpaired) electrons. The number of nitrogens with one attached hydrogen (secondary N) is 2. The van der Waals surface area contributed by atoms with Gasteiger partial charge in [0, 0.05) is 35.1 Å². The fraction of sp³-hybridized carbons (Fsp3) is 0.0455. The van der Waals surface area contributed by atoms with Gasteiger partial charge >= 0.3 is 12.0 Å². The summed E-state index contributed by atoms with van der Waals surface area (Å²) in [5.41, 5.74) is 15.6. The molecule has 0 saturated carbocycles. The maximum atomic E-state index is 12.3. The molecule has 0 unspecified atom stereocenters. The first-order valence-electron chi connectivity index (χ1n) is 9.32. The fourth-order valence-electron chi connectivity index (χ4n) is 3.24. The molecule has 9 heteroatoms. The third kappa shape index (κ3) is 4.18. The predicted molar refractivity (Wildman–Crippen MR) is 123 cm³/mol. The van der Waals surface area contributed by atoms with Crippen molar-refractivity contribution in [1.82, 2.24) is 4.98 Å². The molecule has 2 amide bonds. The molecule has 0 saturated heterocycles. The number of urea groups is 1. The van der Waals surface area contributed by atoms with E-state index in [4.69, 9.17) is 11.5 Å². The van der Waals surface area contributed by atoms with Crippen molar-refractivity contribution in [2.24, 2.45) is 5.73 Å². The van der Waals surface area contributed by atoms with Crippen LogP contribution in [0.15, 0.2) is 60.1 Å². The van der Waals surface area contributed by atoms with Crippen molar-refractivity contribution in [3.8, 4) is 11.1 Å². The van der Waals surface area contributed by atoms with Gasteiger partial charge < -0.3 is 27.2 Å². The highest BCUT2D eigenvalue weighted by Gasteiger charge is 2.17. The van der Waals surface area contributed by atoms with Crippen molar-refractivity contribution in [1.29, 1.82) is 0 Å². The van der Waals surface area contributed by atoms with Crippen LogP contribution in [-0.2, 0) is 6.54 Å². The second kappa shape index (κ2) is 8.42. The number of aromatic carboxylic acids is 1. The van der Waals surface area contributed by atoms with E-state index in [-0.39, 0.29) is 17.4 Å². The topological polar surface area (TPSA) is 143 Å². The molecule has 0 fully saturated rings. The number of thiophene rings is 1. The molecule has 31 heavy (non-hydrogen) atoms. The van der Waals surface area contributed by atoms with Crippen LogP contribution in [0, 0.1) is 0 Å². The summed E-state index contributed by atoms with van der Waals surface area (Å²) >= 11 is 1.31. The number of nitrogens with two attached hydrogens (primary N) is 2. The Morgan fingerprint density at radius 1 is 1.06 bits per heavy atom. The Morgan fingerprint density at radius 2 is 1.81 bits per heavy atom. The summed E-state index contributed by atoms with van der Waals surface area (Å²) < 4.78 is 0.580. The van der Waals surface area contributed by atoms with Crippen molar-refractivity contribution in [2.75, 3.05) is 16.4 Å². The van der Waals surface area contributed by atoms with Crippen LogP contribution in [0.3, 0.4) is 0 Å². The van der Waals surface area contributed by atoms with Crippen LogP contribution in [0.2, 0.25) is 0 Å². The lowest BCUT2D eigenvalue weighted by molar-refractivity contribution is 0.0699. The van der Waals surface area contributed by atoms with Gasteiger partial charge in [-0.3, -0.25) is 0 Å². The van der Waals surface area contributed by atoms with Gasteiger partial charge in [-0.15, -0.1) is 11.3 Å². The Labute approximate surface area is 181 Å². The lowest BCUT2D eigenvalue weighted by atomic mass is 10.0. The fourth-order valence-corrected chi connectivity index (χ4v) is 4.32. The number of rotatable bonds is 5. The van der Waals surface area contributed by atoms with Crippen molar-refractivity contribution in [3.05, 3.63) is 71.2 Å². The quantitative estimate of drug-likeness (QED) is 0.317. The highest BCUT2D eigenvalue weighted by atomic mass is 32.1. The molecule has 156 valence electrons. The zero-order chi connectivity index (χ0) is 22.0. The van der Waals surface area contributed by atoms with Gasteiger partial charge in [0.05, 0.1) is 10.3 Å². The van der Waals surface area contributed by atoms with Gasteiger partial charge in [0.2, 0.25) is 0 Å². The maximum absolute atomic E-state index is 12.3. The van der Waals surface area contributed by atoms with Gasteiger partial charge in [-0.25, -0.2) is 14.6 Å². The molecule has 8 nitrogen and oxygen atoms in total. The van der Waals surface area contributed by atoms with E-state index in [1.807, 2.05) is 35.7 Å². The first-order chi connectivity index (χ1) is 15.0. The summed E-state index contributed by atoms with van der Waals surface area (Å²) in [6, 6.07) is 14.1. The number of carboxylic acids is 1. The molecule has 4 rings (SSSR count). The SMILES string of the molecule is NCc1cccc(NC(=O)Nc2ccc(-c3csc4c(C(=O)O)cnc(N)c34)cc2)c1. The molecule has 2 heterocycles. The summed E-state index contributed by atoms with van der Waals surface area (Å²) in [7, 11) is 0. The largest absolute Gasteiger partial charge is 0.478 e. The van der Waals surface area contributed by atoms with Crippen molar-refractivity contribution in [3.63, 3.8) is 0 Å². The van der Waals surface area contributed by atoms with E-state index in [1.165, 1.54) is 17.5 Å². The third-order valence-corrected chi connectivity index (χ3v) is 5.74.